The van der Waals surface area contributed by atoms with Crippen LogP contribution in [0.4, 0.5) is 11.4 Å². The van der Waals surface area contributed by atoms with Gasteiger partial charge in [0.05, 0.1) is 5.75 Å². The molecule has 0 aliphatic carbocycles. The molecule has 0 saturated carbocycles. The highest BCUT2D eigenvalue weighted by Crippen LogP contribution is 2.18. The largest absolute Gasteiger partial charge is 0.398 e. The Balaban J connectivity index is 1.79. The molecule has 0 heterocycles. The van der Waals surface area contributed by atoms with Crippen LogP contribution in [-0.2, 0) is 10.5 Å². The van der Waals surface area contributed by atoms with Gasteiger partial charge in [0.1, 0.15) is 0 Å². The van der Waals surface area contributed by atoms with Crippen molar-refractivity contribution in [2.24, 2.45) is 0 Å². The summed E-state index contributed by atoms with van der Waals surface area (Å²) in [6, 6.07) is 13.2. The third kappa shape index (κ3) is 4.99. The number of nitrogens with two attached hydrogens (primary N) is 1. The van der Waals surface area contributed by atoms with E-state index in [4.69, 9.17) is 17.3 Å². The topological polar surface area (TPSA) is 55.1 Å². The molecule has 0 radical (unpaired) electrons. The molecule has 0 spiro atoms. The van der Waals surface area contributed by atoms with Crippen molar-refractivity contribution in [1.29, 1.82) is 0 Å². The van der Waals surface area contributed by atoms with Crippen molar-refractivity contribution in [3.05, 3.63) is 58.6 Å². The third-order valence-electron chi connectivity index (χ3n) is 2.98. The number of hydrogen-bond donors (Lipinski definition) is 2. The maximum absolute atomic E-state index is 11.9. The van der Waals surface area contributed by atoms with E-state index >= 15 is 0 Å². The summed E-state index contributed by atoms with van der Waals surface area (Å²) in [7, 11) is 0. The fraction of sp³-hybridized carbons (Fsp3) is 0.188. The van der Waals surface area contributed by atoms with Gasteiger partial charge >= 0.3 is 0 Å². The molecule has 0 aromatic heterocycles. The van der Waals surface area contributed by atoms with E-state index < -0.39 is 0 Å². The smallest absolute Gasteiger partial charge is 0.234 e. The molecule has 3 N–H and O–H groups in total. The van der Waals surface area contributed by atoms with Crippen LogP contribution < -0.4 is 11.1 Å². The molecule has 0 bridgehead atoms. The number of nitrogens with one attached hydrogen (secondary N) is 1. The van der Waals surface area contributed by atoms with Crippen LogP contribution >= 0.6 is 23.4 Å². The highest BCUT2D eigenvalue weighted by molar-refractivity contribution is 7.99. The van der Waals surface area contributed by atoms with Gasteiger partial charge in [-0.25, -0.2) is 0 Å². The van der Waals surface area contributed by atoms with Gasteiger partial charge in [-0.05, 0) is 42.3 Å². The molecule has 1 amide bonds. The first kappa shape index (κ1) is 15.7. The van der Waals surface area contributed by atoms with Crippen molar-refractivity contribution in [3.63, 3.8) is 0 Å². The van der Waals surface area contributed by atoms with Crippen LogP contribution in [0, 0.1) is 6.92 Å². The van der Waals surface area contributed by atoms with E-state index in [1.165, 1.54) is 0 Å². The number of nitrogen functional groups attached to an aromatic ring is 1. The summed E-state index contributed by atoms with van der Waals surface area (Å²) in [6.07, 6.45) is 0. The minimum Gasteiger partial charge on any atom is -0.398 e. The molecule has 0 atom stereocenters. The molecule has 3 nitrogen and oxygen atoms in total. The molecule has 0 aliphatic heterocycles. The minimum atomic E-state index is -0.0304. The van der Waals surface area contributed by atoms with E-state index in [0.717, 1.165) is 27.6 Å². The molecule has 110 valence electrons. The maximum atomic E-state index is 11.9. The maximum Gasteiger partial charge on any atom is 0.234 e. The Hall–Kier alpha value is -1.65. The summed E-state index contributed by atoms with van der Waals surface area (Å²) in [6.45, 7) is 1.93. The molecule has 5 heteroatoms. The van der Waals surface area contributed by atoms with Gasteiger partial charge in [0.2, 0.25) is 5.91 Å². The van der Waals surface area contributed by atoms with Crippen molar-refractivity contribution < 1.29 is 4.79 Å². The predicted molar refractivity (Wildman–Crippen MR) is 91.8 cm³/mol. The average molecular weight is 321 g/mol. The van der Waals surface area contributed by atoms with Gasteiger partial charge in [0.25, 0.3) is 0 Å². The van der Waals surface area contributed by atoms with Crippen LogP contribution in [0.2, 0.25) is 5.02 Å². The molecule has 0 saturated heterocycles. The summed E-state index contributed by atoms with van der Waals surface area (Å²) in [5, 5.41) is 3.57. The second-order valence-corrected chi connectivity index (χ2v) is 6.16. The molecule has 0 unspecified atom stereocenters. The Morgan fingerprint density at radius 1 is 1.24 bits per heavy atom. The van der Waals surface area contributed by atoms with Gasteiger partial charge in [0.15, 0.2) is 0 Å². The zero-order chi connectivity index (χ0) is 15.2. The first-order chi connectivity index (χ1) is 10.0. The first-order valence-corrected chi connectivity index (χ1v) is 8.06. The number of carbonyl (C=O) groups is 1. The second-order valence-electron chi connectivity index (χ2n) is 4.74. The number of halogens is 1. The van der Waals surface area contributed by atoms with Crippen molar-refractivity contribution in [1.82, 2.24) is 0 Å². The Bertz CT molecular complexity index is 629. The predicted octanol–water partition coefficient (Wildman–Crippen LogP) is 4.10. The van der Waals surface area contributed by atoms with E-state index in [1.54, 1.807) is 17.8 Å². The SMILES string of the molecule is Cc1ccc(NC(=O)CSCc2ccc(Cl)cc2)cc1N. The number of carbonyl (C=O) groups excluding carboxylic acids is 1. The zero-order valence-corrected chi connectivity index (χ0v) is 13.3. The fourth-order valence-electron chi connectivity index (χ4n) is 1.76. The number of aryl methyl sites for hydroxylation is 1. The molecule has 2 aromatic rings. The molecular formula is C16H17ClN2OS. The van der Waals surface area contributed by atoms with E-state index in [1.807, 2.05) is 43.3 Å². The Labute approximate surface area is 133 Å². The molecule has 21 heavy (non-hydrogen) atoms. The van der Waals surface area contributed by atoms with E-state index in [9.17, 15) is 4.79 Å². The van der Waals surface area contributed by atoms with Gasteiger partial charge in [-0.15, -0.1) is 11.8 Å². The second kappa shape index (κ2) is 7.38. The molecule has 2 rings (SSSR count). The number of rotatable bonds is 5. The van der Waals surface area contributed by atoms with Crippen molar-refractivity contribution in [2.45, 2.75) is 12.7 Å². The van der Waals surface area contributed by atoms with E-state index in [-0.39, 0.29) is 5.91 Å². The van der Waals surface area contributed by atoms with E-state index in [0.29, 0.717) is 11.4 Å². The summed E-state index contributed by atoms with van der Waals surface area (Å²) >= 11 is 7.39. The van der Waals surface area contributed by atoms with Crippen molar-refractivity contribution >= 4 is 40.6 Å². The number of thioether (sulfide) groups is 1. The zero-order valence-electron chi connectivity index (χ0n) is 11.7. The van der Waals surface area contributed by atoms with Crippen molar-refractivity contribution in [3.8, 4) is 0 Å². The lowest BCUT2D eigenvalue weighted by molar-refractivity contribution is -0.113. The van der Waals surface area contributed by atoms with Gasteiger partial charge in [-0.1, -0.05) is 29.8 Å². The normalized spacial score (nSPS) is 10.4. The fourth-order valence-corrected chi connectivity index (χ4v) is 2.67. The number of hydrogen-bond acceptors (Lipinski definition) is 3. The van der Waals surface area contributed by atoms with Crippen LogP contribution in [0.5, 0.6) is 0 Å². The lowest BCUT2D eigenvalue weighted by Crippen LogP contribution is -2.14. The Kier molecular flexibility index (Phi) is 5.53. The lowest BCUT2D eigenvalue weighted by atomic mass is 10.2. The van der Waals surface area contributed by atoms with E-state index in [2.05, 4.69) is 5.32 Å². The van der Waals surface area contributed by atoms with Crippen LogP contribution in [0.15, 0.2) is 42.5 Å². The van der Waals surface area contributed by atoms with Gasteiger partial charge < -0.3 is 11.1 Å². The Morgan fingerprint density at radius 3 is 2.62 bits per heavy atom. The molecule has 0 aliphatic rings. The van der Waals surface area contributed by atoms with Gasteiger partial charge in [-0.3, -0.25) is 4.79 Å². The molecular weight excluding hydrogens is 304 g/mol. The number of amides is 1. The van der Waals surface area contributed by atoms with Gasteiger partial charge in [-0.2, -0.15) is 0 Å². The summed E-state index contributed by atoms with van der Waals surface area (Å²) in [4.78, 5) is 11.9. The van der Waals surface area contributed by atoms with Gasteiger partial charge in [0, 0.05) is 22.2 Å². The first-order valence-electron chi connectivity index (χ1n) is 6.53. The molecule has 0 fully saturated rings. The van der Waals surface area contributed by atoms with Crippen LogP contribution in [-0.4, -0.2) is 11.7 Å². The quantitative estimate of drug-likeness (QED) is 0.815. The monoisotopic (exact) mass is 320 g/mol. The highest BCUT2D eigenvalue weighted by Gasteiger charge is 2.04. The van der Waals surface area contributed by atoms with Crippen LogP contribution in [0.25, 0.3) is 0 Å². The number of benzene rings is 2. The van der Waals surface area contributed by atoms with Crippen LogP contribution in [0.1, 0.15) is 11.1 Å². The lowest BCUT2D eigenvalue weighted by Gasteiger charge is -2.07. The third-order valence-corrected chi connectivity index (χ3v) is 4.23. The highest BCUT2D eigenvalue weighted by atomic mass is 35.5. The molecule has 2 aromatic carbocycles. The van der Waals surface area contributed by atoms with Crippen molar-refractivity contribution in [2.75, 3.05) is 16.8 Å². The van der Waals surface area contributed by atoms with Crippen LogP contribution in [0.3, 0.4) is 0 Å². The standard InChI is InChI=1S/C16H17ClN2OS/c1-11-2-7-14(8-15(11)18)19-16(20)10-21-9-12-3-5-13(17)6-4-12/h2-8H,9-10,18H2,1H3,(H,19,20). The summed E-state index contributed by atoms with van der Waals surface area (Å²) < 4.78 is 0. The summed E-state index contributed by atoms with van der Waals surface area (Å²) in [5.74, 6) is 1.15. The summed E-state index contributed by atoms with van der Waals surface area (Å²) in [5.41, 5.74) is 9.39. The minimum absolute atomic E-state index is 0.0304. The number of anilines is 2. The average Bonchev–Trinajstić information content (AvgIpc) is 2.45. The Morgan fingerprint density at radius 2 is 1.95 bits per heavy atom.